The summed E-state index contributed by atoms with van der Waals surface area (Å²) >= 11 is 0. The molecule has 1 aliphatic carbocycles. The van der Waals surface area contributed by atoms with Crippen molar-refractivity contribution in [3.05, 3.63) is 18.2 Å². The fourth-order valence-corrected chi connectivity index (χ4v) is 5.70. The van der Waals surface area contributed by atoms with Gasteiger partial charge in [-0.1, -0.05) is 13.8 Å². The minimum absolute atomic E-state index is 0.0111. The number of carbonyl (C=O) groups excluding carboxylic acids is 4. The molecule has 4 amide bonds. The van der Waals surface area contributed by atoms with E-state index in [9.17, 15) is 19.2 Å². The van der Waals surface area contributed by atoms with E-state index in [0.717, 1.165) is 32.0 Å². The third kappa shape index (κ3) is 10.8. The van der Waals surface area contributed by atoms with Gasteiger partial charge in [0.15, 0.2) is 5.60 Å². The predicted octanol–water partition coefficient (Wildman–Crippen LogP) is 5.15. The molecular weight excluding hydrogens is 616 g/mol. The molecule has 0 radical (unpaired) electrons. The minimum Gasteiger partial charge on any atom is -0.476 e. The Hall–Kier alpha value is -3.38. The van der Waals surface area contributed by atoms with E-state index in [2.05, 4.69) is 13.8 Å². The Bertz CT molecular complexity index is 1270. The molecular formula is C36H58N4O8. The highest BCUT2D eigenvalue weighted by atomic mass is 16.6. The highest BCUT2D eigenvalue weighted by Gasteiger charge is 2.45. The Labute approximate surface area is 286 Å². The number of fused-ring (bicyclic) bond motifs is 1. The van der Waals surface area contributed by atoms with Gasteiger partial charge in [0, 0.05) is 51.2 Å². The van der Waals surface area contributed by atoms with Crippen LogP contribution in [-0.4, -0.2) is 92.0 Å². The number of hydrogen-bond acceptors (Lipinski definition) is 8. The highest BCUT2D eigenvalue weighted by Crippen LogP contribution is 2.43. The van der Waals surface area contributed by atoms with Gasteiger partial charge in [0.2, 0.25) is 11.8 Å². The van der Waals surface area contributed by atoms with Gasteiger partial charge < -0.3 is 39.4 Å². The number of likely N-dealkylation sites (tertiary alicyclic amines) is 1. The molecule has 2 unspecified atom stereocenters. The second kappa shape index (κ2) is 16.8. The largest absolute Gasteiger partial charge is 0.476 e. The molecule has 4 rings (SSSR count). The van der Waals surface area contributed by atoms with E-state index in [1.807, 2.05) is 26.0 Å². The number of ether oxygens (including phenoxy) is 4. The quantitative estimate of drug-likeness (QED) is 0.300. The number of primary amides is 1. The van der Waals surface area contributed by atoms with E-state index >= 15 is 0 Å². The zero-order valence-corrected chi connectivity index (χ0v) is 30.5. The summed E-state index contributed by atoms with van der Waals surface area (Å²) in [5, 5.41) is 0. The number of hydrogen-bond donors (Lipinski definition) is 1. The van der Waals surface area contributed by atoms with Gasteiger partial charge in [0.25, 0.3) is 5.91 Å². The molecule has 1 saturated carbocycles. The summed E-state index contributed by atoms with van der Waals surface area (Å²) in [4.78, 5) is 57.3. The van der Waals surface area contributed by atoms with Crippen LogP contribution in [-0.2, 0) is 28.6 Å². The van der Waals surface area contributed by atoms with Gasteiger partial charge in [-0.05, 0) is 98.3 Å². The van der Waals surface area contributed by atoms with Crippen molar-refractivity contribution in [2.45, 2.75) is 105 Å². The van der Waals surface area contributed by atoms with Crippen molar-refractivity contribution in [2.75, 3.05) is 55.9 Å². The number of anilines is 2. The molecule has 12 heteroatoms. The zero-order chi connectivity index (χ0) is 35.8. The molecule has 1 aromatic rings. The number of nitrogens with zero attached hydrogens (tertiary/aromatic N) is 3. The SMILES string of the molecule is CCOCCC(C)C.CCOCCN1C(=O)C(C)(C)Oc2ccc(N(C(=O)C3CC(C(N)=O)CN(C(=O)OC(C)(C)C)C3)C3CC3)cc21. The number of rotatable bonds is 12. The van der Waals surface area contributed by atoms with Crippen molar-refractivity contribution in [1.29, 1.82) is 0 Å². The molecule has 0 bridgehead atoms. The summed E-state index contributed by atoms with van der Waals surface area (Å²) in [6.45, 7) is 20.4. The van der Waals surface area contributed by atoms with Crippen molar-refractivity contribution in [3.63, 3.8) is 0 Å². The normalized spacial score (nSPS) is 20.3. The van der Waals surface area contributed by atoms with Crippen LogP contribution in [0.4, 0.5) is 16.2 Å². The first-order valence-corrected chi connectivity index (χ1v) is 17.4. The van der Waals surface area contributed by atoms with Gasteiger partial charge in [0.1, 0.15) is 11.4 Å². The van der Waals surface area contributed by atoms with Crippen LogP contribution in [0.15, 0.2) is 18.2 Å². The zero-order valence-electron chi connectivity index (χ0n) is 30.5. The van der Waals surface area contributed by atoms with E-state index in [-0.39, 0.29) is 37.4 Å². The van der Waals surface area contributed by atoms with Crippen molar-refractivity contribution in [3.8, 4) is 5.75 Å². The van der Waals surface area contributed by atoms with Crippen LogP contribution in [0.3, 0.4) is 0 Å². The lowest BCUT2D eigenvalue weighted by Gasteiger charge is -2.40. The van der Waals surface area contributed by atoms with Gasteiger partial charge >= 0.3 is 6.09 Å². The molecule has 2 fully saturated rings. The maximum Gasteiger partial charge on any atom is 0.410 e. The van der Waals surface area contributed by atoms with Crippen LogP contribution in [0, 0.1) is 17.8 Å². The number of carbonyl (C=O) groups is 4. The number of benzene rings is 1. The van der Waals surface area contributed by atoms with Gasteiger partial charge in [-0.15, -0.1) is 0 Å². The van der Waals surface area contributed by atoms with Crippen molar-refractivity contribution < 1.29 is 38.1 Å². The van der Waals surface area contributed by atoms with Crippen LogP contribution in [0.5, 0.6) is 5.75 Å². The molecule has 2 N–H and O–H groups in total. The van der Waals surface area contributed by atoms with Crippen molar-refractivity contribution in [2.24, 2.45) is 23.5 Å². The molecule has 0 spiro atoms. The van der Waals surface area contributed by atoms with Crippen LogP contribution in [0.25, 0.3) is 0 Å². The highest BCUT2D eigenvalue weighted by molar-refractivity contribution is 6.04. The van der Waals surface area contributed by atoms with E-state index in [1.54, 1.807) is 50.5 Å². The Morgan fingerprint density at radius 2 is 1.67 bits per heavy atom. The Kier molecular flexibility index (Phi) is 13.7. The standard InChI is InChI=1S/C29H42N4O7.C7H16O/c1-7-38-13-12-32-22-15-21(10-11-23(22)39-29(5,6)26(32)36)33(20-8-9-20)25(35)19-14-18(24(30)34)16-31(17-19)27(37)40-28(2,3)4;1-4-8-6-5-7(2)3/h10-11,15,18-20H,7-9,12-14,16-17H2,1-6H3,(H2,30,34);7H,4-6H2,1-3H3. The molecule has 2 atom stereocenters. The summed E-state index contributed by atoms with van der Waals surface area (Å²) < 4.78 is 22.2. The van der Waals surface area contributed by atoms with Crippen LogP contribution in [0.2, 0.25) is 0 Å². The first-order valence-electron chi connectivity index (χ1n) is 17.4. The van der Waals surface area contributed by atoms with Crippen LogP contribution < -0.4 is 20.3 Å². The summed E-state index contributed by atoms with van der Waals surface area (Å²) in [6, 6.07) is 5.41. The smallest absolute Gasteiger partial charge is 0.410 e. The molecule has 3 aliphatic rings. The summed E-state index contributed by atoms with van der Waals surface area (Å²) in [5.41, 5.74) is 5.10. The molecule has 2 heterocycles. The first kappa shape index (κ1) is 39.1. The Morgan fingerprint density at radius 3 is 2.23 bits per heavy atom. The summed E-state index contributed by atoms with van der Waals surface area (Å²) in [5.74, 6) is -0.904. The number of nitrogens with two attached hydrogens (primary N) is 1. The van der Waals surface area contributed by atoms with Crippen molar-refractivity contribution >= 4 is 35.2 Å². The Balaban J connectivity index is 0.000000694. The number of piperidine rings is 1. The topological polar surface area (TPSA) is 141 Å². The van der Waals surface area contributed by atoms with E-state index in [0.29, 0.717) is 36.9 Å². The molecule has 48 heavy (non-hydrogen) atoms. The lowest BCUT2D eigenvalue weighted by Crippen LogP contribution is -2.54. The molecule has 0 aromatic heterocycles. The van der Waals surface area contributed by atoms with Gasteiger partial charge in [-0.3, -0.25) is 14.4 Å². The maximum atomic E-state index is 14.1. The molecule has 1 aromatic carbocycles. The maximum absolute atomic E-state index is 14.1. The van der Waals surface area contributed by atoms with E-state index in [1.165, 1.54) is 11.3 Å². The minimum atomic E-state index is -1.04. The van der Waals surface area contributed by atoms with Gasteiger partial charge in [-0.2, -0.15) is 0 Å². The van der Waals surface area contributed by atoms with Crippen LogP contribution >= 0.6 is 0 Å². The van der Waals surface area contributed by atoms with E-state index in [4.69, 9.17) is 24.7 Å². The second-order valence-electron chi connectivity index (χ2n) is 14.7. The molecule has 1 saturated heterocycles. The Morgan fingerprint density at radius 1 is 1.04 bits per heavy atom. The average molecular weight is 675 g/mol. The number of amides is 4. The molecule has 270 valence electrons. The van der Waals surface area contributed by atoms with Crippen LogP contribution in [0.1, 0.15) is 88.0 Å². The molecule has 12 nitrogen and oxygen atoms in total. The molecule has 2 aliphatic heterocycles. The first-order chi connectivity index (χ1) is 22.5. The lowest BCUT2D eigenvalue weighted by molar-refractivity contribution is -0.133. The third-order valence-corrected chi connectivity index (χ3v) is 8.35. The fraction of sp³-hybridized carbons (Fsp3) is 0.722. The summed E-state index contributed by atoms with van der Waals surface area (Å²) in [7, 11) is 0. The van der Waals surface area contributed by atoms with Gasteiger partial charge in [-0.25, -0.2) is 4.79 Å². The summed E-state index contributed by atoms with van der Waals surface area (Å²) in [6.07, 6.45) is 2.53. The third-order valence-electron chi connectivity index (χ3n) is 8.35. The van der Waals surface area contributed by atoms with Gasteiger partial charge in [0.05, 0.1) is 24.1 Å². The second-order valence-corrected chi connectivity index (χ2v) is 14.7. The predicted molar refractivity (Wildman–Crippen MR) is 185 cm³/mol. The van der Waals surface area contributed by atoms with E-state index < -0.39 is 35.0 Å². The fourth-order valence-electron chi connectivity index (χ4n) is 5.70. The average Bonchev–Trinajstić information content (AvgIpc) is 3.84. The van der Waals surface area contributed by atoms with Crippen molar-refractivity contribution in [1.82, 2.24) is 4.90 Å². The lowest BCUT2D eigenvalue weighted by atomic mass is 9.87. The monoisotopic (exact) mass is 674 g/mol.